The van der Waals surface area contributed by atoms with Gasteiger partial charge in [-0.25, -0.2) is 12.8 Å². The van der Waals surface area contributed by atoms with Crippen molar-refractivity contribution >= 4 is 20.8 Å². The van der Waals surface area contributed by atoms with E-state index in [-0.39, 0.29) is 15.6 Å². The van der Waals surface area contributed by atoms with Gasteiger partial charge in [-0.05, 0) is 48.4 Å². The van der Waals surface area contributed by atoms with Crippen molar-refractivity contribution in [2.75, 3.05) is 0 Å². The van der Waals surface area contributed by atoms with Crippen molar-refractivity contribution in [3.8, 4) is 0 Å². The monoisotopic (exact) mass is 352 g/mol. The quantitative estimate of drug-likeness (QED) is 0.612. The summed E-state index contributed by atoms with van der Waals surface area (Å²) in [5, 5.41) is 0. The topological polar surface area (TPSA) is 34.1 Å². The van der Waals surface area contributed by atoms with E-state index < -0.39 is 9.84 Å². The molecule has 0 aromatic heterocycles. The lowest BCUT2D eigenvalue weighted by molar-refractivity contribution is 0.606. The van der Waals surface area contributed by atoms with E-state index in [0.29, 0.717) is 11.1 Å². The Hall–Kier alpha value is -2.72. The molecule has 0 spiro atoms. The Bertz CT molecular complexity index is 988. The molecule has 0 saturated heterocycles. The lowest BCUT2D eigenvalue weighted by Crippen LogP contribution is -2.04. The van der Waals surface area contributed by atoms with Crippen LogP contribution in [0.2, 0.25) is 0 Å². The summed E-state index contributed by atoms with van der Waals surface area (Å²) in [7, 11) is -3.71. The van der Waals surface area contributed by atoms with Gasteiger partial charge in [0.15, 0.2) is 0 Å². The van der Waals surface area contributed by atoms with Crippen molar-refractivity contribution in [3.63, 3.8) is 0 Å². The molecular weight excluding hydrogens is 335 g/mol. The molecule has 25 heavy (non-hydrogen) atoms. The van der Waals surface area contributed by atoms with Crippen molar-refractivity contribution in [3.05, 3.63) is 101 Å². The first-order valence-electron chi connectivity index (χ1n) is 7.81. The summed E-state index contributed by atoms with van der Waals surface area (Å²) >= 11 is 0. The van der Waals surface area contributed by atoms with Crippen LogP contribution in [0.4, 0.5) is 4.39 Å². The van der Waals surface area contributed by atoms with Crippen LogP contribution in [0.1, 0.15) is 16.7 Å². The first-order valence-corrected chi connectivity index (χ1v) is 9.29. The predicted molar refractivity (Wildman–Crippen MR) is 99.1 cm³/mol. The molecule has 0 aliphatic heterocycles. The molecule has 0 N–H and O–H groups in total. The minimum atomic E-state index is -3.71. The van der Waals surface area contributed by atoms with E-state index in [0.717, 1.165) is 5.56 Å². The number of halogens is 1. The summed E-state index contributed by atoms with van der Waals surface area (Å²) in [6.07, 6.45) is 1.57. The zero-order valence-electron chi connectivity index (χ0n) is 13.7. The molecule has 0 saturated carbocycles. The minimum Gasteiger partial charge on any atom is -0.218 e. The van der Waals surface area contributed by atoms with Crippen LogP contribution in [-0.4, -0.2) is 8.42 Å². The Morgan fingerprint density at radius 2 is 1.44 bits per heavy atom. The Morgan fingerprint density at radius 1 is 0.840 bits per heavy atom. The number of hydrogen-bond donors (Lipinski definition) is 0. The van der Waals surface area contributed by atoms with Gasteiger partial charge < -0.3 is 0 Å². The molecule has 0 bridgehead atoms. The zero-order chi connectivity index (χ0) is 17.9. The van der Waals surface area contributed by atoms with Crippen LogP contribution in [-0.2, 0) is 9.84 Å². The van der Waals surface area contributed by atoms with Crippen LogP contribution in [0.3, 0.4) is 0 Å². The molecular formula is C21H17FO2S. The molecule has 3 aromatic carbocycles. The van der Waals surface area contributed by atoms with E-state index in [2.05, 4.69) is 0 Å². The average Bonchev–Trinajstić information content (AvgIpc) is 2.62. The van der Waals surface area contributed by atoms with E-state index >= 15 is 0 Å². The lowest BCUT2D eigenvalue weighted by Gasteiger charge is -2.11. The second kappa shape index (κ2) is 7.03. The molecule has 126 valence electrons. The van der Waals surface area contributed by atoms with Gasteiger partial charge in [-0.1, -0.05) is 60.2 Å². The summed E-state index contributed by atoms with van der Waals surface area (Å²) in [6, 6.07) is 21.4. The van der Waals surface area contributed by atoms with Crippen LogP contribution < -0.4 is 0 Å². The average molecular weight is 352 g/mol. The van der Waals surface area contributed by atoms with E-state index in [9.17, 15) is 12.8 Å². The van der Waals surface area contributed by atoms with Gasteiger partial charge in [0, 0.05) is 0 Å². The summed E-state index contributed by atoms with van der Waals surface area (Å²) < 4.78 is 39.5. The molecule has 3 aromatic rings. The highest BCUT2D eigenvalue weighted by molar-refractivity contribution is 8.00. The van der Waals surface area contributed by atoms with Gasteiger partial charge in [0.2, 0.25) is 9.84 Å². The van der Waals surface area contributed by atoms with E-state index in [1.54, 1.807) is 66.7 Å². The lowest BCUT2D eigenvalue weighted by atomic mass is 10.1. The molecule has 0 aliphatic carbocycles. The molecule has 0 amide bonds. The first-order chi connectivity index (χ1) is 12.0. The second-order valence-electron chi connectivity index (χ2n) is 5.74. The smallest absolute Gasteiger partial charge is 0.207 e. The van der Waals surface area contributed by atoms with E-state index in [1.807, 2.05) is 13.0 Å². The Balaban J connectivity index is 2.17. The molecule has 0 radical (unpaired) electrons. The molecule has 0 heterocycles. The molecule has 0 fully saturated rings. The van der Waals surface area contributed by atoms with Crippen molar-refractivity contribution in [2.45, 2.75) is 11.8 Å². The molecule has 2 nitrogen and oxygen atoms in total. The van der Waals surface area contributed by atoms with Crippen LogP contribution in [0, 0.1) is 12.7 Å². The maximum absolute atomic E-state index is 13.2. The Kier molecular flexibility index (Phi) is 4.81. The van der Waals surface area contributed by atoms with Crippen molar-refractivity contribution in [1.29, 1.82) is 0 Å². The SMILES string of the molecule is Cc1ccc(S(=O)(=O)/C(=C/c2ccc(F)cc2)c2ccccc2)cc1. The predicted octanol–water partition coefficient (Wildman–Crippen LogP) is 5.11. The van der Waals surface area contributed by atoms with Crippen LogP contribution in [0.25, 0.3) is 11.0 Å². The first kappa shape index (κ1) is 17.1. The third-order valence-electron chi connectivity index (χ3n) is 3.85. The number of hydrogen-bond acceptors (Lipinski definition) is 2. The van der Waals surface area contributed by atoms with E-state index in [1.165, 1.54) is 12.1 Å². The molecule has 0 unspecified atom stereocenters. The van der Waals surface area contributed by atoms with Gasteiger partial charge in [0.1, 0.15) is 5.82 Å². The number of aryl methyl sites for hydroxylation is 1. The van der Waals surface area contributed by atoms with Crippen LogP contribution in [0.5, 0.6) is 0 Å². The molecule has 4 heteroatoms. The number of benzene rings is 3. The van der Waals surface area contributed by atoms with Crippen molar-refractivity contribution in [1.82, 2.24) is 0 Å². The van der Waals surface area contributed by atoms with Gasteiger partial charge >= 0.3 is 0 Å². The van der Waals surface area contributed by atoms with Gasteiger partial charge in [-0.3, -0.25) is 0 Å². The minimum absolute atomic E-state index is 0.184. The van der Waals surface area contributed by atoms with Crippen molar-refractivity contribution in [2.24, 2.45) is 0 Å². The molecule has 0 atom stereocenters. The summed E-state index contributed by atoms with van der Waals surface area (Å²) in [4.78, 5) is 0.416. The summed E-state index contributed by atoms with van der Waals surface area (Å²) in [6.45, 7) is 1.91. The van der Waals surface area contributed by atoms with Gasteiger partial charge in [0.05, 0.1) is 9.80 Å². The maximum Gasteiger partial charge on any atom is 0.207 e. The fourth-order valence-electron chi connectivity index (χ4n) is 2.47. The normalized spacial score (nSPS) is 12.2. The third-order valence-corrected chi connectivity index (χ3v) is 5.67. The molecule has 3 rings (SSSR count). The Morgan fingerprint density at radius 3 is 2.04 bits per heavy atom. The maximum atomic E-state index is 13.2. The van der Waals surface area contributed by atoms with Crippen LogP contribution >= 0.6 is 0 Å². The summed E-state index contributed by atoms with van der Waals surface area (Å²) in [5.41, 5.74) is 2.20. The summed E-state index contributed by atoms with van der Waals surface area (Å²) in [5.74, 6) is -0.361. The number of sulfone groups is 1. The fraction of sp³-hybridized carbons (Fsp3) is 0.0476. The zero-order valence-corrected chi connectivity index (χ0v) is 14.5. The highest BCUT2D eigenvalue weighted by atomic mass is 32.2. The van der Waals surface area contributed by atoms with E-state index in [4.69, 9.17) is 0 Å². The fourth-order valence-corrected chi connectivity index (χ4v) is 3.96. The third kappa shape index (κ3) is 3.86. The second-order valence-corrected chi connectivity index (χ2v) is 7.66. The highest BCUT2D eigenvalue weighted by Gasteiger charge is 2.22. The van der Waals surface area contributed by atoms with Gasteiger partial charge in [-0.15, -0.1) is 0 Å². The standard InChI is InChI=1S/C21H17FO2S/c1-16-7-13-20(14-8-16)25(23,24)21(18-5-3-2-4-6-18)15-17-9-11-19(22)12-10-17/h2-15H,1H3/b21-15+. The highest BCUT2D eigenvalue weighted by Crippen LogP contribution is 2.30. The van der Waals surface area contributed by atoms with Crippen molar-refractivity contribution < 1.29 is 12.8 Å². The largest absolute Gasteiger partial charge is 0.218 e. The number of rotatable bonds is 4. The Labute approximate surface area is 147 Å². The van der Waals surface area contributed by atoms with Gasteiger partial charge in [-0.2, -0.15) is 0 Å². The van der Waals surface area contributed by atoms with Crippen LogP contribution in [0.15, 0.2) is 83.8 Å². The molecule has 0 aliphatic rings. The van der Waals surface area contributed by atoms with Gasteiger partial charge in [0.25, 0.3) is 0 Å².